The zero-order chi connectivity index (χ0) is 21.6. The Morgan fingerprint density at radius 3 is 0.688 bits per heavy atom. The predicted octanol–water partition coefficient (Wildman–Crippen LogP) is 6.18. The van der Waals surface area contributed by atoms with Crippen molar-refractivity contribution in [1.82, 2.24) is 0 Å². The van der Waals surface area contributed by atoms with Crippen LogP contribution in [-0.2, 0) is 0 Å². The van der Waals surface area contributed by atoms with Gasteiger partial charge >= 0.3 is 0 Å². The second-order valence-corrected chi connectivity index (χ2v) is 7.79. The SMILES string of the molecule is c1ccc(C(c2ccccc2)=c2ccc(=C(c3ccccc3)c3ccccc3)cc2)cc1. The van der Waals surface area contributed by atoms with Crippen molar-refractivity contribution in [3.63, 3.8) is 0 Å². The fourth-order valence-corrected chi connectivity index (χ4v) is 4.22. The number of hydrogen-bond donors (Lipinski definition) is 0. The van der Waals surface area contributed by atoms with Gasteiger partial charge in [0, 0.05) is 0 Å². The molecule has 0 N–H and O–H groups in total. The zero-order valence-electron chi connectivity index (χ0n) is 17.9. The van der Waals surface area contributed by atoms with Crippen molar-refractivity contribution >= 4 is 11.1 Å². The monoisotopic (exact) mass is 408 g/mol. The maximum Gasteiger partial charge on any atom is -0.00389 e. The topological polar surface area (TPSA) is 0 Å². The second kappa shape index (κ2) is 9.32. The third kappa shape index (κ3) is 4.17. The van der Waals surface area contributed by atoms with Gasteiger partial charge in [0.25, 0.3) is 0 Å². The highest BCUT2D eigenvalue weighted by Gasteiger charge is 2.08. The van der Waals surface area contributed by atoms with Crippen molar-refractivity contribution in [2.24, 2.45) is 0 Å². The average molecular weight is 409 g/mol. The molecule has 0 nitrogen and oxygen atoms in total. The molecular weight excluding hydrogens is 384 g/mol. The third-order valence-corrected chi connectivity index (χ3v) is 5.71. The Balaban J connectivity index is 1.77. The molecule has 0 unspecified atom stereocenters. The quantitative estimate of drug-likeness (QED) is 0.333. The molecule has 5 aromatic carbocycles. The van der Waals surface area contributed by atoms with E-state index in [1.54, 1.807) is 0 Å². The molecule has 0 atom stereocenters. The maximum atomic E-state index is 2.25. The van der Waals surface area contributed by atoms with E-state index in [9.17, 15) is 0 Å². The molecular formula is C32H24. The number of hydrogen-bond acceptors (Lipinski definition) is 0. The molecule has 0 aliphatic rings. The fraction of sp³-hybridized carbons (Fsp3) is 0. The van der Waals surface area contributed by atoms with E-state index in [0.29, 0.717) is 0 Å². The maximum absolute atomic E-state index is 2.25. The molecule has 0 aliphatic heterocycles. The van der Waals surface area contributed by atoms with Crippen molar-refractivity contribution in [3.8, 4) is 0 Å². The van der Waals surface area contributed by atoms with Crippen molar-refractivity contribution in [2.75, 3.05) is 0 Å². The van der Waals surface area contributed by atoms with Gasteiger partial charge in [0.2, 0.25) is 0 Å². The molecule has 152 valence electrons. The van der Waals surface area contributed by atoms with Gasteiger partial charge in [-0.2, -0.15) is 0 Å². The lowest BCUT2D eigenvalue weighted by Gasteiger charge is -2.11. The van der Waals surface area contributed by atoms with Crippen LogP contribution in [0.5, 0.6) is 0 Å². The Bertz CT molecular complexity index is 1200. The first-order chi connectivity index (χ1) is 15.9. The summed E-state index contributed by atoms with van der Waals surface area (Å²) in [6, 6.07) is 51.5. The summed E-state index contributed by atoms with van der Waals surface area (Å²) < 4.78 is 0. The van der Waals surface area contributed by atoms with Crippen molar-refractivity contribution in [1.29, 1.82) is 0 Å². The number of rotatable bonds is 4. The summed E-state index contributed by atoms with van der Waals surface area (Å²) in [7, 11) is 0. The second-order valence-electron chi connectivity index (χ2n) is 7.79. The normalized spacial score (nSPS) is 10.5. The van der Waals surface area contributed by atoms with Crippen LogP contribution in [0.3, 0.4) is 0 Å². The standard InChI is InChI=1S/C32H24/c1-5-13-25(14-6-1)31(26-15-7-2-8-16-26)29-21-23-30(24-22-29)32(27-17-9-3-10-18-27)28-19-11-4-12-20-28/h1-24H. The lowest BCUT2D eigenvalue weighted by molar-refractivity contribution is 1.44. The Morgan fingerprint density at radius 1 is 0.250 bits per heavy atom. The van der Waals surface area contributed by atoms with Gasteiger partial charge in [-0.3, -0.25) is 0 Å². The van der Waals surface area contributed by atoms with Crippen LogP contribution >= 0.6 is 0 Å². The smallest absolute Gasteiger partial charge is 0.00389 e. The molecule has 0 aromatic heterocycles. The van der Waals surface area contributed by atoms with Gasteiger partial charge in [0.15, 0.2) is 0 Å². The van der Waals surface area contributed by atoms with Gasteiger partial charge in [-0.05, 0) is 43.8 Å². The Morgan fingerprint density at radius 2 is 0.469 bits per heavy atom. The van der Waals surface area contributed by atoms with E-state index in [0.717, 1.165) is 0 Å². The van der Waals surface area contributed by atoms with Crippen LogP contribution in [0.15, 0.2) is 146 Å². The Kier molecular flexibility index (Phi) is 5.76. The van der Waals surface area contributed by atoms with Gasteiger partial charge in [0.1, 0.15) is 0 Å². The van der Waals surface area contributed by atoms with E-state index in [1.165, 1.54) is 43.8 Å². The molecule has 0 bridgehead atoms. The van der Waals surface area contributed by atoms with Crippen LogP contribution in [0.1, 0.15) is 22.3 Å². The molecule has 0 amide bonds. The highest BCUT2D eigenvalue weighted by molar-refractivity contribution is 5.81. The predicted molar refractivity (Wildman–Crippen MR) is 135 cm³/mol. The molecule has 0 spiro atoms. The summed E-state index contributed by atoms with van der Waals surface area (Å²) in [6.45, 7) is 0. The van der Waals surface area contributed by atoms with Crippen LogP contribution in [0.4, 0.5) is 0 Å². The van der Waals surface area contributed by atoms with E-state index in [2.05, 4.69) is 146 Å². The molecule has 5 aromatic rings. The van der Waals surface area contributed by atoms with Crippen LogP contribution in [0.25, 0.3) is 11.1 Å². The highest BCUT2D eigenvalue weighted by atomic mass is 14.1. The van der Waals surface area contributed by atoms with Gasteiger partial charge < -0.3 is 0 Å². The van der Waals surface area contributed by atoms with E-state index >= 15 is 0 Å². The Labute approximate surface area is 189 Å². The van der Waals surface area contributed by atoms with Crippen LogP contribution < -0.4 is 10.4 Å². The van der Waals surface area contributed by atoms with Gasteiger partial charge in [-0.1, -0.05) is 146 Å². The minimum absolute atomic E-state index is 1.21. The minimum atomic E-state index is 1.21. The lowest BCUT2D eigenvalue weighted by Crippen LogP contribution is -2.15. The van der Waals surface area contributed by atoms with E-state index in [4.69, 9.17) is 0 Å². The first-order valence-electron chi connectivity index (χ1n) is 11.0. The third-order valence-electron chi connectivity index (χ3n) is 5.71. The van der Waals surface area contributed by atoms with Crippen molar-refractivity contribution < 1.29 is 0 Å². The first kappa shape index (κ1) is 19.8. The van der Waals surface area contributed by atoms with Crippen LogP contribution in [0.2, 0.25) is 0 Å². The summed E-state index contributed by atoms with van der Waals surface area (Å²) in [5, 5.41) is 2.43. The molecule has 0 radical (unpaired) electrons. The first-order valence-corrected chi connectivity index (χ1v) is 11.0. The molecule has 0 aliphatic carbocycles. The molecule has 0 heteroatoms. The van der Waals surface area contributed by atoms with Gasteiger partial charge in [0.05, 0.1) is 0 Å². The van der Waals surface area contributed by atoms with E-state index < -0.39 is 0 Å². The van der Waals surface area contributed by atoms with Crippen molar-refractivity contribution in [3.05, 3.63) is 178 Å². The van der Waals surface area contributed by atoms with Gasteiger partial charge in [-0.25, -0.2) is 0 Å². The average Bonchev–Trinajstić information content (AvgIpc) is 2.88. The fourth-order valence-electron chi connectivity index (χ4n) is 4.22. The zero-order valence-corrected chi connectivity index (χ0v) is 17.9. The van der Waals surface area contributed by atoms with E-state index in [1.807, 2.05) is 0 Å². The molecule has 0 saturated heterocycles. The van der Waals surface area contributed by atoms with Gasteiger partial charge in [-0.15, -0.1) is 0 Å². The molecule has 0 saturated carbocycles. The van der Waals surface area contributed by atoms with Crippen LogP contribution in [-0.4, -0.2) is 0 Å². The summed E-state index contributed by atoms with van der Waals surface area (Å²) in [5.74, 6) is 0. The minimum Gasteiger partial charge on any atom is -0.0622 e. The summed E-state index contributed by atoms with van der Waals surface area (Å²) >= 11 is 0. The number of benzene rings is 5. The van der Waals surface area contributed by atoms with E-state index in [-0.39, 0.29) is 0 Å². The molecule has 32 heavy (non-hydrogen) atoms. The summed E-state index contributed by atoms with van der Waals surface area (Å²) in [4.78, 5) is 0. The largest absolute Gasteiger partial charge is 0.0622 e. The molecule has 0 heterocycles. The summed E-state index contributed by atoms with van der Waals surface area (Å²) in [5.41, 5.74) is 7.39. The molecule has 5 rings (SSSR count). The molecule has 0 fully saturated rings. The lowest BCUT2D eigenvalue weighted by atomic mass is 9.93. The van der Waals surface area contributed by atoms with Crippen molar-refractivity contribution in [2.45, 2.75) is 0 Å². The summed E-state index contributed by atoms with van der Waals surface area (Å²) in [6.07, 6.45) is 0. The van der Waals surface area contributed by atoms with Crippen LogP contribution in [0, 0.1) is 0 Å². The Hall–Kier alpha value is -4.16. The highest BCUT2D eigenvalue weighted by Crippen LogP contribution is 2.21.